The number of anilines is 1. The minimum Gasteiger partial charge on any atom is -0.508 e. The van der Waals surface area contributed by atoms with Gasteiger partial charge in [0, 0.05) is 50.4 Å². The van der Waals surface area contributed by atoms with Crippen LogP contribution < -0.4 is 4.90 Å². The maximum Gasteiger partial charge on any atom is 0.120 e. The first kappa shape index (κ1) is 13.2. The Bertz CT molecular complexity index is 395. The maximum atomic E-state index is 9.89. The van der Waals surface area contributed by atoms with E-state index < -0.39 is 0 Å². The zero-order valence-corrected chi connectivity index (χ0v) is 10.8. The average molecular weight is 251 g/mol. The molecule has 1 heterocycles. The van der Waals surface area contributed by atoms with Gasteiger partial charge in [0.2, 0.25) is 0 Å². The van der Waals surface area contributed by atoms with Gasteiger partial charge in [0.25, 0.3) is 0 Å². The number of ether oxygens (including phenoxy) is 1. The van der Waals surface area contributed by atoms with E-state index in [0.717, 1.165) is 37.4 Å². The molecular weight excluding hydrogens is 230 g/mol. The van der Waals surface area contributed by atoms with Crippen molar-refractivity contribution < 1.29 is 14.9 Å². The zero-order chi connectivity index (χ0) is 13.0. The van der Waals surface area contributed by atoms with Gasteiger partial charge in [-0.05, 0) is 18.6 Å². The van der Waals surface area contributed by atoms with Crippen LogP contribution in [0.25, 0.3) is 0 Å². The van der Waals surface area contributed by atoms with Gasteiger partial charge < -0.3 is 19.8 Å². The van der Waals surface area contributed by atoms with Crippen molar-refractivity contribution in [2.24, 2.45) is 5.92 Å². The average Bonchev–Trinajstić information content (AvgIpc) is 2.81. The molecule has 2 N–H and O–H groups in total. The molecule has 2 rings (SSSR count). The van der Waals surface area contributed by atoms with Gasteiger partial charge in [0.1, 0.15) is 5.75 Å². The first-order valence-electron chi connectivity index (χ1n) is 6.42. The van der Waals surface area contributed by atoms with Crippen molar-refractivity contribution in [1.29, 1.82) is 0 Å². The van der Waals surface area contributed by atoms with Gasteiger partial charge in [-0.15, -0.1) is 0 Å². The molecular formula is C14H21NO3. The molecule has 18 heavy (non-hydrogen) atoms. The molecule has 0 saturated carbocycles. The summed E-state index contributed by atoms with van der Waals surface area (Å²) in [5, 5.41) is 19.0. The molecule has 0 aromatic heterocycles. The highest BCUT2D eigenvalue weighted by Crippen LogP contribution is 2.32. The van der Waals surface area contributed by atoms with Gasteiger partial charge in [0.15, 0.2) is 0 Å². The fourth-order valence-electron chi connectivity index (χ4n) is 2.65. The molecule has 1 aromatic carbocycles. The Morgan fingerprint density at radius 3 is 3.00 bits per heavy atom. The summed E-state index contributed by atoms with van der Waals surface area (Å²) in [7, 11) is 1.73. The van der Waals surface area contributed by atoms with Gasteiger partial charge in [-0.1, -0.05) is 6.07 Å². The van der Waals surface area contributed by atoms with Crippen molar-refractivity contribution in [1.82, 2.24) is 0 Å². The van der Waals surface area contributed by atoms with Gasteiger partial charge in [-0.2, -0.15) is 0 Å². The fourth-order valence-corrected chi connectivity index (χ4v) is 2.65. The van der Waals surface area contributed by atoms with Crippen LogP contribution in [-0.2, 0) is 11.2 Å². The third kappa shape index (κ3) is 2.76. The van der Waals surface area contributed by atoms with Gasteiger partial charge in [0.05, 0.1) is 6.61 Å². The highest BCUT2D eigenvalue weighted by atomic mass is 16.5. The Kier molecular flexibility index (Phi) is 4.44. The molecule has 0 bridgehead atoms. The molecule has 1 aliphatic rings. The third-order valence-electron chi connectivity index (χ3n) is 3.52. The number of hydrogen-bond donors (Lipinski definition) is 2. The normalized spacial score (nSPS) is 19.4. The summed E-state index contributed by atoms with van der Waals surface area (Å²) in [4.78, 5) is 2.27. The minimum absolute atomic E-state index is 0.0555. The molecule has 4 nitrogen and oxygen atoms in total. The van der Waals surface area contributed by atoms with E-state index >= 15 is 0 Å². The van der Waals surface area contributed by atoms with Crippen LogP contribution in [0.5, 0.6) is 5.75 Å². The van der Waals surface area contributed by atoms with Crippen LogP contribution in [0, 0.1) is 5.92 Å². The minimum atomic E-state index is 0.0555. The second kappa shape index (κ2) is 6.07. The van der Waals surface area contributed by atoms with Gasteiger partial charge in [-0.25, -0.2) is 0 Å². The quantitative estimate of drug-likeness (QED) is 0.830. The van der Waals surface area contributed by atoms with Crippen molar-refractivity contribution in [2.45, 2.75) is 12.8 Å². The zero-order valence-electron chi connectivity index (χ0n) is 10.8. The molecule has 0 aliphatic carbocycles. The molecule has 1 saturated heterocycles. The molecule has 4 heteroatoms. The first-order chi connectivity index (χ1) is 8.76. The van der Waals surface area contributed by atoms with E-state index in [1.807, 2.05) is 12.1 Å². The van der Waals surface area contributed by atoms with Crippen molar-refractivity contribution in [3.8, 4) is 5.75 Å². The van der Waals surface area contributed by atoms with Crippen LogP contribution in [0.4, 0.5) is 5.69 Å². The molecule has 0 radical (unpaired) electrons. The van der Waals surface area contributed by atoms with Crippen LogP contribution in [-0.4, -0.2) is 43.6 Å². The molecule has 1 aromatic rings. The van der Waals surface area contributed by atoms with E-state index in [0.29, 0.717) is 12.3 Å². The molecule has 1 unspecified atom stereocenters. The molecule has 1 atom stereocenters. The van der Waals surface area contributed by atoms with Crippen LogP contribution in [0.1, 0.15) is 12.0 Å². The highest BCUT2D eigenvalue weighted by Gasteiger charge is 2.24. The molecule has 100 valence electrons. The summed E-state index contributed by atoms with van der Waals surface area (Å²) >= 11 is 0. The lowest BCUT2D eigenvalue weighted by molar-refractivity contribution is 0.161. The number of hydrogen-bond acceptors (Lipinski definition) is 4. The summed E-state index contributed by atoms with van der Waals surface area (Å²) < 4.78 is 5.20. The topological polar surface area (TPSA) is 52.9 Å². The van der Waals surface area contributed by atoms with E-state index in [1.165, 1.54) is 0 Å². The number of aliphatic hydroxyl groups is 1. The largest absolute Gasteiger partial charge is 0.508 e. The number of rotatable bonds is 5. The molecule has 1 fully saturated rings. The summed E-state index contributed by atoms with van der Waals surface area (Å²) in [6.07, 6.45) is 1.61. The van der Waals surface area contributed by atoms with E-state index in [2.05, 4.69) is 4.90 Å². The van der Waals surface area contributed by atoms with E-state index in [9.17, 15) is 5.11 Å². The van der Waals surface area contributed by atoms with Crippen LogP contribution in [0.2, 0.25) is 0 Å². The van der Waals surface area contributed by atoms with E-state index in [-0.39, 0.29) is 12.4 Å². The highest BCUT2D eigenvalue weighted by molar-refractivity contribution is 5.59. The lowest BCUT2D eigenvalue weighted by atomic mass is 10.1. The predicted octanol–water partition coefficient (Wildman–Crippen LogP) is 1.40. The SMILES string of the molecule is COCC1CCN(c2cccc(O)c2CCO)C1. The first-order valence-corrected chi connectivity index (χ1v) is 6.42. The number of phenols is 1. The smallest absolute Gasteiger partial charge is 0.120 e. The van der Waals surface area contributed by atoms with Gasteiger partial charge in [-0.3, -0.25) is 0 Å². The molecule has 0 spiro atoms. The lowest BCUT2D eigenvalue weighted by Crippen LogP contribution is -2.22. The Labute approximate surface area is 108 Å². The van der Waals surface area contributed by atoms with Crippen molar-refractivity contribution in [3.05, 3.63) is 23.8 Å². The fraction of sp³-hybridized carbons (Fsp3) is 0.571. The lowest BCUT2D eigenvalue weighted by Gasteiger charge is -2.22. The summed E-state index contributed by atoms with van der Waals surface area (Å²) in [6, 6.07) is 5.55. The van der Waals surface area contributed by atoms with Crippen molar-refractivity contribution >= 4 is 5.69 Å². The number of aliphatic hydroxyl groups excluding tert-OH is 1. The third-order valence-corrected chi connectivity index (χ3v) is 3.52. The Balaban J connectivity index is 2.16. The Morgan fingerprint density at radius 2 is 2.28 bits per heavy atom. The number of aromatic hydroxyl groups is 1. The Morgan fingerprint density at radius 1 is 1.44 bits per heavy atom. The van der Waals surface area contributed by atoms with Crippen molar-refractivity contribution in [2.75, 3.05) is 38.3 Å². The standard InChI is InChI=1S/C14H21NO3/c1-18-10-11-5-7-15(9-11)13-3-2-4-14(17)12(13)6-8-16/h2-4,11,16-17H,5-10H2,1H3. The van der Waals surface area contributed by atoms with Crippen molar-refractivity contribution in [3.63, 3.8) is 0 Å². The summed E-state index contributed by atoms with van der Waals surface area (Å²) in [5.74, 6) is 0.830. The van der Waals surface area contributed by atoms with Crippen LogP contribution in [0.3, 0.4) is 0 Å². The monoisotopic (exact) mass is 251 g/mol. The van der Waals surface area contributed by atoms with E-state index in [4.69, 9.17) is 9.84 Å². The predicted molar refractivity (Wildman–Crippen MR) is 71.1 cm³/mol. The number of nitrogens with zero attached hydrogens (tertiary/aromatic N) is 1. The number of phenolic OH excluding ortho intramolecular Hbond substituents is 1. The summed E-state index contributed by atoms with van der Waals surface area (Å²) in [5.41, 5.74) is 1.89. The molecule has 1 aliphatic heterocycles. The maximum absolute atomic E-state index is 9.89. The van der Waals surface area contributed by atoms with Gasteiger partial charge >= 0.3 is 0 Å². The van der Waals surface area contributed by atoms with E-state index in [1.54, 1.807) is 13.2 Å². The van der Waals surface area contributed by atoms with Crippen LogP contribution >= 0.6 is 0 Å². The number of methoxy groups -OCH3 is 1. The molecule has 0 amide bonds. The second-order valence-electron chi connectivity index (χ2n) is 4.80. The number of benzene rings is 1. The van der Waals surface area contributed by atoms with Crippen LogP contribution in [0.15, 0.2) is 18.2 Å². The summed E-state index contributed by atoms with van der Waals surface area (Å²) in [6.45, 7) is 2.77. The Hall–Kier alpha value is -1.26. The second-order valence-corrected chi connectivity index (χ2v) is 4.80.